The maximum atomic E-state index is 12.0. The Morgan fingerprint density at radius 2 is 2.29 bits per heavy atom. The average molecular weight is 241 g/mol. The van der Waals surface area contributed by atoms with Crippen LogP contribution in [0.3, 0.4) is 0 Å². The standard InChI is InChI=1S/C12H23N3O2/c1-2-13-5-6-15-7-8-17-9-11(15)12(16)14-10-3-4-10/h10-11,13H,2-9H2,1H3,(H,14,16). The topological polar surface area (TPSA) is 53.6 Å². The number of rotatable bonds is 6. The number of ether oxygens (including phenoxy) is 1. The van der Waals surface area contributed by atoms with E-state index in [0.29, 0.717) is 12.6 Å². The first-order valence-corrected chi connectivity index (χ1v) is 6.64. The summed E-state index contributed by atoms with van der Waals surface area (Å²) < 4.78 is 5.42. The number of carbonyl (C=O) groups excluding carboxylic acids is 1. The molecule has 0 spiro atoms. The van der Waals surface area contributed by atoms with Crippen LogP contribution < -0.4 is 10.6 Å². The Morgan fingerprint density at radius 1 is 1.47 bits per heavy atom. The maximum Gasteiger partial charge on any atom is 0.239 e. The van der Waals surface area contributed by atoms with Crippen molar-refractivity contribution < 1.29 is 9.53 Å². The van der Waals surface area contributed by atoms with E-state index in [-0.39, 0.29) is 11.9 Å². The van der Waals surface area contributed by atoms with Gasteiger partial charge in [-0.3, -0.25) is 9.69 Å². The smallest absolute Gasteiger partial charge is 0.239 e. The molecule has 5 heteroatoms. The van der Waals surface area contributed by atoms with Crippen LogP contribution in [0.4, 0.5) is 0 Å². The van der Waals surface area contributed by atoms with Crippen LogP contribution in [0.1, 0.15) is 19.8 Å². The zero-order chi connectivity index (χ0) is 12.1. The first kappa shape index (κ1) is 12.8. The molecule has 0 aromatic carbocycles. The van der Waals surface area contributed by atoms with Gasteiger partial charge >= 0.3 is 0 Å². The highest BCUT2D eigenvalue weighted by molar-refractivity contribution is 5.82. The molecule has 2 N–H and O–H groups in total. The van der Waals surface area contributed by atoms with Gasteiger partial charge in [-0.05, 0) is 19.4 Å². The van der Waals surface area contributed by atoms with Gasteiger partial charge in [-0.1, -0.05) is 6.92 Å². The quantitative estimate of drug-likeness (QED) is 0.620. The lowest BCUT2D eigenvalue weighted by Gasteiger charge is -2.34. The van der Waals surface area contributed by atoms with Crippen LogP contribution >= 0.6 is 0 Å². The molecule has 2 rings (SSSR count). The van der Waals surface area contributed by atoms with Gasteiger partial charge in [-0.2, -0.15) is 0 Å². The van der Waals surface area contributed by atoms with Gasteiger partial charge in [0, 0.05) is 25.7 Å². The number of amides is 1. The van der Waals surface area contributed by atoms with Crippen molar-refractivity contribution in [3.05, 3.63) is 0 Å². The van der Waals surface area contributed by atoms with Crippen LogP contribution in [-0.2, 0) is 9.53 Å². The van der Waals surface area contributed by atoms with Crippen LogP contribution in [0.25, 0.3) is 0 Å². The van der Waals surface area contributed by atoms with E-state index in [4.69, 9.17) is 4.74 Å². The Labute approximate surface area is 103 Å². The fraction of sp³-hybridized carbons (Fsp3) is 0.917. The van der Waals surface area contributed by atoms with Gasteiger partial charge in [0.05, 0.1) is 13.2 Å². The van der Waals surface area contributed by atoms with Gasteiger partial charge in [-0.15, -0.1) is 0 Å². The van der Waals surface area contributed by atoms with Gasteiger partial charge in [0.15, 0.2) is 0 Å². The second-order valence-corrected chi connectivity index (χ2v) is 4.76. The highest BCUT2D eigenvalue weighted by Crippen LogP contribution is 2.19. The van der Waals surface area contributed by atoms with Gasteiger partial charge in [0.2, 0.25) is 5.91 Å². The minimum absolute atomic E-state index is 0.0944. The molecule has 0 aromatic heterocycles. The molecule has 1 heterocycles. The summed E-state index contributed by atoms with van der Waals surface area (Å²) in [4.78, 5) is 14.3. The molecular formula is C12H23N3O2. The highest BCUT2D eigenvalue weighted by atomic mass is 16.5. The van der Waals surface area contributed by atoms with Crippen molar-refractivity contribution in [3.63, 3.8) is 0 Å². The van der Waals surface area contributed by atoms with E-state index >= 15 is 0 Å². The van der Waals surface area contributed by atoms with Crippen LogP contribution in [0.5, 0.6) is 0 Å². The number of hydrogen-bond acceptors (Lipinski definition) is 4. The molecule has 5 nitrogen and oxygen atoms in total. The molecule has 17 heavy (non-hydrogen) atoms. The molecule has 1 amide bonds. The first-order chi connectivity index (χ1) is 8.31. The highest BCUT2D eigenvalue weighted by Gasteiger charge is 2.32. The van der Waals surface area contributed by atoms with Crippen LogP contribution in [0.15, 0.2) is 0 Å². The van der Waals surface area contributed by atoms with Gasteiger partial charge in [0.1, 0.15) is 6.04 Å². The summed E-state index contributed by atoms with van der Waals surface area (Å²) in [5, 5.41) is 6.36. The van der Waals surface area contributed by atoms with Crippen molar-refractivity contribution in [2.45, 2.75) is 31.8 Å². The molecule has 2 fully saturated rings. The number of carbonyl (C=O) groups is 1. The zero-order valence-corrected chi connectivity index (χ0v) is 10.6. The number of likely N-dealkylation sites (N-methyl/N-ethyl adjacent to an activating group) is 1. The Balaban J connectivity index is 1.79. The van der Waals surface area contributed by atoms with Crippen molar-refractivity contribution >= 4 is 5.91 Å². The lowest BCUT2D eigenvalue weighted by Crippen LogP contribution is -2.55. The van der Waals surface area contributed by atoms with E-state index in [9.17, 15) is 4.79 Å². The van der Waals surface area contributed by atoms with Gasteiger partial charge < -0.3 is 15.4 Å². The molecule has 1 unspecified atom stereocenters. The zero-order valence-electron chi connectivity index (χ0n) is 10.6. The van der Waals surface area contributed by atoms with E-state index in [2.05, 4.69) is 22.5 Å². The Bertz CT molecular complexity index is 256. The summed E-state index contributed by atoms with van der Waals surface area (Å²) in [6.45, 7) is 7.04. The summed E-state index contributed by atoms with van der Waals surface area (Å²) in [6.07, 6.45) is 2.27. The third-order valence-corrected chi connectivity index (χ3v) is 3.29. The maximum absolute atomic E-state index is 12.0. The van der Waals surface area contributed by atoms with E-state index in [1.165, 1.54) is 0 Å². The summed E-state index contributed by atoms with van der Waals surface area (Å²) >= 11 is 0. The van der Waals surface area contributed by atoms with Crippen LogP contribution in [-0.4, -0.2) is 62.3 Å². The number of nitrogens with one attached hydrogen (secondary N) is 2. The molecule has 0 aromatic rings. The summed E-state index contributed by atoms with van der Waals surface area (Å²) in [5.41, 5.74) is 0. The second kappa shape index (κ2) is 6.33. The molecule has 1 saturated carbocycles. The second-order valence-electron chi connectivity index (χ2n) is 4.76. The van der Waals surface area contributed by atoms with Crippen molar-refractivity contribution in [1.29, 1.82) is 0 Å². The predicted molar refractivity (Wildman–Crippen MR) is 65.9 cm³/mol. The van der Waals surface area contributed by atoms with Crippen LogP contribution in [0, 0.1) is 0 Å². The minimum Gasteiger partial charge on any atom is -0.378 e. The molecule has 1 atom stereocenters. The Kier molecular flexibility index (Phi) is 4.76. The molecule has 1 aliphatic carbocycles. The van der Waals surface area contributed by atoms with Crippen molar-refractivity contribution in [2.24, 2.45) is 0 Å². The summed E-state index contributed by atoms with van der Waals surface area (Å²) in [7, 11) is 0. The molecular weight excluding hydrogens is 218 g/mol. The lowest BCUT2D eigenvalue weighted by atomic mass is 10.2. The molecule has 1 aliphatic heterocycles. The summed E-state index contributed by atoms with van der Waals surface area (Å²) in [5.74, 6) is 0.142. The Morgan fingerprint density at radius 3 is 3.00 bits per heavy atom. The third-order valence-electron chi connectivity index (χ3n) is 3.29. The average Bonchev–Trinajstić information content (AvgIpc) is 3.14. The monoisotopic (exact) mass is 241 g/mol. The SMILES string of the molecule is CCNCCN1CCOCC1C(=O)NC1CC1. The van der Waals surface area contributed by atoms with Crippen LogP contribution in [0.2, 0.25) is 0 Å². The van der Waals surface area contributed by atoms with E-state index in [1.807, 2.05) is 0 Å². The molecule has 98 valence electrons. The molecule has 0 radical (unpaired) electrons. The summed E-state index contributed by atoms with van der Waals surface area (Å²) in [6, 6.07) is 0.336. The minimum atomic E-state index is -0.0944. The normalized spacial score (nSPS) is 25.8. The van der Waals surface area contributed by atoms with Crippen molar-refractivity contribution in [1.82, 2.24) is 15.5 Å². The van der Waals surface area contributed by atoms with E-state index < -0.39 is 0 Å². The largest absolute Gasteiger partial charge is 0.378 e. The van der Waals surface area contributed by atoms with E-state index in [1.54, 1.807) is 0 Å². The van der Waals surface area contributed by atoms with Gasteiger partial charge in [-0.25, -0.2) is 0 Å². The predicted octanol–water partition coefficient (Wildman–Crippen LogP) is -0.425. The molecule has 2 aliphatic rings. The molecule has 1 saturated heterocycles. The number of hydrogen-bond donors (Lipinski definition) is 2. The number of morpholine rings is 1. The fourth-order valence-electron chi connectivity index (χ4n) is 2.07. The Hall–Kier alpha value is -0.650. The first-order valence-electron chi connectivity index (χ1n) is 6.64. The van der Waals surface area contributed by atoms with E-state index in [0.717, 1.165) is 45.6 Å². The third kappa shape index (κ3) is 3.94. The fourth-order valence-corrected chi connectivity index (χ4v) is 2.07. The van der Waals surface area contributed by atoms with Gasteiger partial charge in [0.25, 0.3) is 0 Å². The number of nitrogens with zero attached hydrogens (tertiary/aromatic N) is 1. The van der Waals surface area contributed by atoms with Crippen molar-refractivity contribution in [3.8, 4) is 0 Å². The molecule has 0 bridgehead atoms. The van der Waals surface area contributed by atoms with Crippen molar-refractivity contribution in [2.75, 3.05) is 39.4 Å². The lowest BCUT2D eigenvalue weighted by molar-refractivity contribution is -0.132.